The van der Waals surface area contributed by atoms with E-state index in [9.17, 15) is 14.4 Å². The van der Waals surface area contributed by atoms with Crippen LogP contribution in [0.4, 0.5) is 0 Å². The van der Waals surface area contributed by atoms with E-state index in [0.717, 1.165) is 30.0 Å². The number of amides is 2. The molecule has 1 unspecified atom stereocenters. The van der Waals surface area contributed by atoms with Crippen LogP contribution in [-0.4, -0.2) is 57.0 Å². The third-order valence-electron chi connectivity index (χ3n) is 9.37. The zero-order valence-corrected chi connectivity index (χ0v) is 32.8. The monoisotopic (exact) mass is 766 g/mol. The van der Waals surface area contributed by atoms with Crippen LogP contribution in [0, 0.1) is 5.92 Å². The lowest BCUT2D eigenvalue weighted by Crippen LogP contribution is -2.53. The Morgan fingerprint density at radius 2 is 1.57 bits per heavy atom. The summed E-state index contributed by atoms with van der Waals surface area (Å²) >= 11 is 4.84. The van der Waals surface area contributed by atoms with Gasteiger partial charge < -0.3 is 15.4 Å². The van der Waals surface area contributed by atoms with Gasteiger partial charge in [-0.2, -0.15) is 0 Å². The molecule has 2 aliphatic rings. The second kappa shape index (κ2) is 17.8. The number of nitrogens with zero attached hydrogens (tertiary/aromatic N) is 2. The summed E-state index contributed by atoms with van der Waals surface area (Å²) in [5, 5.41) is 9.15. The summed E-state index contributed by atoms with van der Waals surface area (Å²) in [5.41, 5.74) is 3.37. The van der Waals surface area contributed by atoms with Crippen molar-refractivity contribution in [2.75, 3.05) is 11.5 Å². The number of unbranched alkanes of at least 4 members (excludes halogenated alkanes) is 2. The third kappa shape index (κ3) is 9.31. The van der Waals surface area contributed by atoms with Crippen molar-refractivity contribution < 1.29 is 19.1 Å². The predicted molar refractivity (Wildman–Crippen MR) is 217 cm³/mol. The van der Waals surface area contributed by atoms with Crippen molar-refractivity contribution >= 4 is 57.7 Å². The van der Waals surface area contributed by atoms with Crippen molar-refractivity contribution in [1.82, 2.24) is 15.6 Å². The molecule has 4 bridgehead atoms. The van der Waals surface area contributed by atoms with Crippen LogP contribution in [0.15, 0.2) is 114 Å². The molecule has 11 heteroatoms. The Bertz CT molecular complexity index is 1820. The highest BCUT2D eigenvalue weighted by Crippen LogP contribution is 2.48. The second-order valence-corrected chi connectivity index (χ2v) is 17.0. The number of aromatic nitrogens is 1. The van der Waals surface area contributed by atoms with Crippen LogP contribution in [0.1, 0.15) is 73.8 Å². The maximum atomic E-state index is 13.6. The quantitative estimate of drug-likeness (QED) is 0.0691. The third-order valence-corrected chi connectivity index (χ3v) is 13.1. The Morgan fingerprint density at radius 1 is 0.943 bits per heavy atom. The highest BCUT2D eigenvalue weighted by Gasteiger charge is 2.42. The van der Waals surface area contributed by atoms with Crippen molar-refractivity contribution in [2.24, 2.45) is 10.9 Å². The normalized spacial score (nSPS) is 21.3. The van der Waals surface area contributed by atoms with Crippen molar-refractivity contribution in [2.45, 2.75) is 75.4 Å². The Morgan fingerprint density at radius 3 is 2.17 bits per heavy atom. The van der Waals surface area contributed by atoms with E-state index in [1.807, 2.05) is 43.1 Å². The number of nitrogens with one attached hydrogen (secondary N) is 2. The average Bonchev–Trinajstić information content (AvgIpc) is 3.82. The number of carbonyl (C=O) groups is 3. The molecular formula is C42H46N4O4S3. The number of carbonyl (C=O) groups excluding carboxylic acids is 3. The van der Waals surface area contributed by atoms with Gasteiger partial charge in [0.1, 0.15) is 33.4 Å². The molecule has 8 nitrogen and oxygen atoms in total. The topological polar surface area (TPSA) is 110 Å². The maximum Gasteiger partial charge on any atom is 0.329 e. The van der Waals surface area contributed by atoms with Crippen LogP contribution < -0.4 is 10.6 Å². The van der Waals surface area contributed by atoms with Crippen molar-refractivity contribution in [3.05, 3.63) is 136 Å². The number of cyclic esters (lactones) is 1. The zero-order chi connectivity index (χ0) is 37.3. The van der Waals surface area contributed by atoms with Crippen molar-refractivity contribution in [3.63, 3.8) is 0 Å². The summed E-state index contributed by atoms with van der Waals surface area (Å²) in [7, 11) is 0. The van der Waals surface area contributed by atoms with Crippen LogP contribution >= 0.6 is 34.9 Å². The molecule has 2 aliphatic heterocycles. The molecule has 53 heavy (non-hydrogen) atoms. The number of rotatable bonds is 11. The predicted octanol–water partition coefficient (Wildman–Crippen LogP) is 7.92. The van der Waals surface area contributed by atoms with Gasteiger partial charge in [-0.3, -0.25) is 14.6 Å². The van der Waals surface area contributed by atoms with Gasteiger partial charge in [-0.15, -0.1) is 34.9 Å². The van der Waals surface area contributed by atoms with Crippen LogP contribution in [0.2, 0.25) is 0 Å². The number of thioether (sulfide) groups is 2. The lowest BCUT2D eigenvalue weighted by molar-refractivity contribution is -0.153. The maximum absolute atomic E-state index is 13.6. The van der Waals surface area contributed by atoms with Gasteiger partial charge in [-0.25, -0.2) is 9.78 Å². The first-order valence-corrected chi connectivity index (χ1v) is 21.0. The molecule has 276 valence electrons. The lowest BCUT2D eigenvalue weighted by Gasteiger charge is -2.35. The average molecular weight is 767 g/mol. The molecule has 4 aromatic rings. The highest BCUT2D eigenvalue weighted by molar-refractivity contribution is 8.14. The minimum absolute atomic E-state index is 0.0386. The van der Waals surface area contributed by atoms with Gasteiger partial charge in [-0.1, -0.05) is 111 Å². The molecular weight excluding hydrogens is 721 g/mol. The molecule has 0 aliphatic carbocycles. The summed E-state index contributed by atoms with van der Waals surface area (Å²) in [6, 6.07) is 31.2. The molecule has 3 heterocycles. The SMILES string of the molecule is CC(C)C1NC(=O)[C@]2(C)CSC(=N2)c2csc(n2)CNC(=O)C[C@@H](/C=C/CCCCSC(c2ccccc2)(c2ccccc2)c2ccccc2)OC1=O. The number of hydrogen-bond acceptors (Lipinski definition) is 9. The van der Waals surface area contributed by atoms with Crippen molar-refractivity contribution in [3.8, 4) is 0 Å². The van der Waals surface area contributed by atoms with Gasteiger partial charge in [0.25, 0.3) is 0 Å². The molecule has 0 saturated heterocycles. The Labute approximate surface area is 324 Å². The summed E-state index contributed by atoms with van der Waals surface area (Å²) in [4.78, 5) is 49.6. The van der Waals surface area contributed by atoms with Gasteiger partial charge in [0.05, 0.1) is 17.7 Å². The van der Waals surface area contributed by atoms with Gasteiger partial charge in [0, 0.05) is 11.1 Å². The first-order valence-electron chi connectivity index (χ1n) is 18.1. The summed E-state index contributed by atoms with van der Waals surface area (Å²) < 4.78 is 5.58. The minimum atomic E-state index is -1.04. The molecule has 3 atom stereocenters. The van der Waals surface area contributed by atoms with E-state index in [1.165, 1.54) is 39.8 Å². The summed E-state index contributed by atoms with van der Waals surface area (Å²) in [5.74, 6) is -0.0378. The van der Waals surface area contributed by atoms with E-state index in [4.69, 9.17) is 9.73 Å². The lowest BCUT2D eigenvalue weighted by atomic mass is 9.84. The van der Waals surface area contributed by atoms with Gasteiger partial charge in [0.15, 0.2) is 0 Å². The number of ether oxygens (including phenoxy) is 1. The first-order chi connectivity index (χ1) is 25.7. The van der Waals surface area contributed by atoms with E-state index < -0.39 is 23.7 Å². The number of hydrogen-bond donors (Lipinski definition) is 2. The number of allylic oxidation sites excluding steroid dienone is 1. The summed E-state index contributed by atoms with van der Waals surface area (Å²) in [6.45, 7) is 5.75. The standard InChI is InChI=1S/C42H46N4O4S3/c1-29(2)37-39(48)50-33(25-35(47)43-26-36-44-34(27-51-36)38-46-41(3,28-52-38)40(49)45-37)23-15-4-5-16-24-53-42(30-17-9-6-10-18-30,31-19-11-7-12-20-31)32-21-13-8-14-22-32/h6-15,17-23,27,29,33,37H,4-5,16,24-26,28H2,1-3H3,(H,43,47)(H,45,49)/b23-15+/t33-,37?,41+/m1/s1. The Hall–Kier alpha value is -4.19. The molecule has 2 N–H and O–H groups in total. The molecule has 0 spiro atoms. The van der Waals surface area contributed by atoms with Crippen molar-refractivity contribution in [1.29, 1.82) is 0 Å². The zero-order valence-electron chi connectivity index (χ0n) is 30.3. The van der Waals surface area contributed by atoms with Gasteiger partial charge in [-0.05, 0) is 60.6 Å². The van der Waals surface area contributed by atoms with Crippen LogP contribution in [-0.2, 0) is 30.4 Å². The first kappa shape index (κ1) is 38.5. The summed E-state index contributed by atoms with van der Waals surface area (Å²) in [6.07, 6.45) is 5.61. The number of aliphatic imine (C=N–C) groups is 1. The number of esters is 1. The molecule has 0 saturated carbocycles. The van der Waals surface area contributed by atoms with Crippen LogP contribution in [0.5, 0.6) is 0 Å². The molecule has 0 radical (unpaired) electrons. The number of benzene rings is 3. The molecule has 0 fully saturated rings. The fourth-order valence-corrected chi connectivity index (χ4v) is 9.92. The Kier molecular flexibility index (Phi) is 12.9. The van der Waals surface area contributed by atoms with E-state index in [2.05, 4.69) is 107 Å². The van der Waals surface area contributed by atoms with Crippen LogP contribution in [0.25, 0.3) is 0 Å². The van der Waals surface area contributed by atoms with E-state index in [1.54, 1.807) is 6.92 Å². The molecule has 1 aromatic heterocycles. The van der Waals surface area contributed by atoms with Gasteiger partial charge in [0.2, 0.25) is 11.8 Å². The molecule has 3 aromatic carbocycles. The minimum Gasteiger partial charge on any atom is -0.456 e. The number of thiazole rings is 1. The molecule has 2 amide bonds. The highest BCUT2D eigenvalue weighted by atomic mass is 32.2. The largest absolute Gasteiger partial charge is 0.456 e. The van der Waals surface area contributed by atoms with E-state index >= 15 is 0 Å². The van der Waals surface area contributed by atoms with Crippen LogP contribution in [0.3, 0.4) is 0 Å². The fraction of sp³-hybridized carbons (Fsp3) is 0.357. The second-order valence-electron chi connectivity index (χ2n) is 13.8. The van der Waals surface area contributed by atoms with E-state index in [-0.39, 0.29) is 35.4 Å². The van der Waals surface area contributed by atoms with Gasteiger partial charge >= 0.3 is 5.97 Å². The van der Waals surface area contributed by atoms with E-state index in [0.29, 0.717) is 16.5 Å². The Balaban J connectivity index is 1.13. The fourth-order valence-electron chi connectivity index (χ4n) is 6.44. The number of fused-ring (bicyclic) bond motifs is 4. The molecule has 6 rings (SSSR count). The smallest absolute Gasteiger partial charge is 0.329 e.